The Bertz CT molecular complexity index is 1520. The van der Waals surface area contributed by atoms with Crippen LogP contribution in [0, 0.1) is 11.8 Å². The van der Waals surface area contributed by atoms with Crippen molar-refractivity contribution in [2.75, 3.05) is 24.6 Å². The summed E-state index contributed by atoms with van der Waals surface area (Å²) in [5.74, 6) is -0.298. The van der Waals surface area contributed by atoms with Crippen LogP contribution in [0.1, 0.15) is 57.5 Å². The molecule has 1 N–H and O–H groups in total. The van der Waals surface area contributed by atoms with E-state index in [9.17, 15) is 14.7 Å². The summed E-state index contributed by atoms with van der Waals surface area (Å²) in [4.78, 5) is 27.2. The van der Waals surface area contributed by atoms with Crippen molar-refractivity contribution in [2.45, 2.75) is 43.6 Å². The molecule has 6 nitrogen and oxygen atoms in total. The quantitative estimate of drug-likeness (QED) is 0.209. The summed E-state index contributed by atoms with van der Waals surface area (Å²) >= 11 is 9.78. The molecule has 8 heteroatoms. The fourth-order valence-corrected chi connectivity index (χ4v) is 7.33. The Hall–Kier alpha value is -3.29. The number of hydrogen-bond acceptors (Lipinski definition) is 5. The van der Waals surface area contributed by atoms with E-state index in [1.54, 1.807) is 36.4 Å². The normalized spacial score (nSPS) is 23.4. The predicted octanol–water partition coefficient (Wildman–Crippen LogP) is 7.71. The second-order valence-electron chi connectivity index (χ2n) is 11.7. The van der Waals surface area contributed by atoms with Crippen LogP contribution in [-0.4, -0.2) is 42.8 Å². The van der Waals surface area contributed by atoms with Crippen LogP contribution in [0.25, 0.3) is 0 Å². The van der Waals surface area contributed by atoms with Gasteiger partial charge in [-0.25, -0.2) is 9.59 Å². The van der Waals surface area contributed by atoms with Gasteiger partial charge in [-0.05, 0) is 104 Å². The van der Waals surface area contributed by atoms with Gasteiger partial charge >= 0.3 is 11.9 Å². The van der Waals surface area contributed by atoms with Gasteiger partial charge in [-0.2, -0.15) is 0 Å². The van der Waals surface area contributed by atoms with Crippen molar-refractivity contribution >= 4 is 45.2 Å². The van der Waals surface area contributed by atoms with Crippen molar-refractivity contribution in [1.29, 1.82) is 0 Å². The average molecular weight is 651 g/mol. The van der Waals surface area contributed by atoms with Crippen LogP contribution in [0.5, 0.6) is 5.75 Å². The number of benzene rings is 3. The van der Waals surface area contributed by atoms with E-state index >= 15 is 0 Å². The number of carbonyl (C=O) groups is 2. The van der Waals surface area contributed by atoms with Gasteiger partial charge in [-0.1, -0.05) is 46.3 Å². The van der Waals surface area contributed by atoms with Crippen LogP contribution in [0.2, 0.25) is 5.02 Å². The lowest BCUT2D eigenvalue weighted by molar-refractivity contribution is -0.00184. The number of esters is 1. The maximum absolute atomic E-state index is 12.9. The second kappa shape index (κ2) is 11.8. The van der Waals surface area contributed by atoms with Gasteiger partial charge in [-0.3, -0.25) is 0 Å². The van der Waals surface area contributed by atoms with Gasteiger partial charge in [0.1, 0.15) is 11.9 Å². The number of carbonyl (C=O) groups excluding carboxylic acids is 1. The zero-order valence-corrected chi connectivity index (χ0v) is 25.6. The molecule has 3 aromatic rings. The molecule has 42 heavy (non-hydrogen) atoms. The van der Waals surface area contributed by atoms with Crippen LogP contribution in [-0.2, 0) is 16.6 Å². The summed E-state index contributed by atoms with van der Waals surface area (Å²) in [5, 5.41) is 10.5. The molecule has 1 aliphatic heterocycles. The summed E-state index contributed by atoms with van der Waals surface area (Å²) in [6, 6.07) is 18.4. The molecule has 3 aliphatic rings. The Morgan fingerprint density at radius 2 is 1.93 bits per heavy atom. The monoisotopic (exact) mass is 649 g/mol. The molecule has 3 aromatic carbocycles. The number of anilines is 1. The molecular formula is C34H33BrClNO5. The third kappa shape index (κ3) is 5.57. The number of carboxylic acid groups (broad SMARTS) is 1. The molecule has 0 unspecified atom stereocenters. The topological polar surface area (TPSA) is 76.1 Å². The number of nitrogens with zero attached hydrogens (tertiary/aromatic N) is 1. The van der Waals surface area contributed by atoms with E-state index in [1.165, 1.54) is 11.1 Å². The molecule has 1 spiro atoms. The maximum atomic E-state index is 12.9. The zero-order chi connectivity index (χ0) is 29.4. The number of fused-ring (bicyclic) bond motifs is 3. The van der Waals surface area contributed by atoms with E-state index in [2.05, 4.69) is 39.5 Å². The largest absolute Gasteiger partial charge is 0.490 e. The van der Waals surface area contributed by atoms with E-state index in [0.29, 0.717) is 31.0 Å². The Labute approximate surface area is 259 Å². The van der Waals surface area contributed by atoms with Crippen LogP contribution in [0.15, 0.2) is 77.8 Å². The third-order valence-corrected chi connectivity index (χ3v) is 9.96. The van der Waals surface area contributed by atoms with Crippen molar-refractivity contribution < 1.29 is 24.2 Å². The van der Waals surface area contributed by atoms with E-state index in [4.69, 9.17) is 21.1 Å². The minimum absolute atomic E-state index is 0.116. The fourth-order valence-electron chi connectivity index (χ4n) is 6.87. The molecule has 0 amide bonds. The molecule has 4 atom stereocenters. The number of rotatable bonds is 7. The molecule has 0 bridgehead atoms. The lowest BCUT2D eigenvalue weighted by Crippen LogP contribution is -2.49. The first-order valence-electron chi connectivity index (χ1n) is 14.4. The molecule has 218 valence electrons. The minimum Gasteiger partial charge on any atom is -0.490 e. The fraction of sp³-hybridized carbons (Fsp3) is 0.353. The lowest BCUT2D eigenvalue weighted by atomic mass is 9.68. The summed E-state index contributed by atoms with van der Waals surface area (Å²) in [6.07, 6.45) is 6.19. The predicted molar refractivity (Wildman–Crippen MR) is 167 cm³/mol. The lowest BCUT2D eigenvalue weighted by Gasteiger charge is -2.45. The van der Waals surface area contributed by atoms with E-state index in [-0.39, 0.29) is 28.8 Å². The zero-order valence-electron chi connectivity index (χ0n) is 23.2. The standard InChI is InChI=1S/C34H33BrClNO5/c1-2-30(42-33(40)21-5-9-25(35)10-6-21)27-12-7-24(27)18-37-19-34(15-3-4-22-16-26(36)11-13-28(22)34)20-41-31-14-8-23(32(38)39)17-29(31)37/h2,5-6,8-11,13-14,16-17,24,27,30H,1,3-4,7,12,15,18-20H2,(H,38,39)/t24-,27+,30-,34-/m0/s1. The summed E-state index contributed by atoms with van der Waals surface area (Å²) in [5.41, 5.74) is 3.77. The van der Waals surface area contributed by atoms with Gasteiger partial charge < -0.3 is 19.5 Å². The molecule has 2 aliphatic carbocycles. The first-order valence-corrected chi connectivity index (χ1v) is 15.6. The number of ether oxygens (including phenoxy) is 2. The van der Waals surface area contributed by atoms with Crippen LogP contribution in [0.3, 0.4) is 0 Å². The molecule has 0 radical (unpaired) electrons. The summed E-state index contributed by atoms with van der Waals surface area (Å²) in [6.45, 7) is 5.88. The summed E-state index contributed by atoms with van der Waals surface area (Å²) in [7, 11) is 0. The highest BCUT2D eigenvalue weighted by Crippen LogP contribution is 2.47. The third-order valence-electron chi connectivity index (χ3n) is 9.19. The van der Waals surface area contributed by atoms with Gasteiger partial charge in [0.05, 0.1) is 23.4 Å². The molecular weight excluding hydrogens is 618 g/mol. The Balaban J connectivity index is 1.29. The number of carboxylic acids is 1. The van der Waals surface area contributed by atoms with E-state index in [1.807, 2.05) is 18.2 Å². The number of halogens is 2. The highest BCUT2D eigenvalue weighted by Gasteiger charge is 2.44. The van der Waals surface area contributed by atoms with Crippen LogP contribution < -0.4 is 9.64 Å². The van der Waals surface area contributed by atoms with Crippen molar-refractivity contribution in [1.82, 2.24) is 0 Å². The SMILES string of the molecule is C=C[C@H](OC(=O)c1ccc(Br)cc1)[C@@H]1CC[C@H]1CN1C[C@@]2(CCCc3cc(Cl)ccc32)COc2ccc(C(=O)O)cc21. The number of hydrogen-bond donors (Lipinski definition) is 1. The van der Waals surface area contributed by atoms with Crippen molar-refractivity contribution in [3.8, 4) is 5.75 Å². The van der Waals surface area contributed by atoms with Crippen molar-refractivity contribution in [3.63, 3.8) is 0 Å². The first kappa shape index (κ1) is 28.8. The van der Waals surface area contributed by atoms with E-state index in [0.717, 1.165) is 47.3 Å². The Morgan fingerprint density at radius 3 is 2.64 bits per heavy atom. The number of aryl methyl sites for hydroxylation is 1. The van der Waals surface area contributed by atoms with Gasteiger partial charge in [0.15, 0.2) is 0 Å². The smallest absolute Gasteiger partial charge is 0.338 e. The van der Waals surface area contributed by atoms with E-state index < -0.39 is 12.1 Å². The summed E-state index contributed by atoms with van der Waals surface area (Å²) < 4.78 is 13.3. The second-order valence-corrected chi connectivity index (χ2v) is 13.1. The molecule has 1 saturated carbocycles. The Kier molecular flexibility index (Phi) is 8.07. The van der Waals surface area contributed by atoms with Gasteiger partial charge in [0, 0.05) is 33.9 Å². The van der Waals surface area contributed by atoms with Gasteiger partial charge in [0.2, 0.25) is 0 Å². The van der Waals surface area contributed by atoms with Gasteiger partial charge in [0.25, 0.3) is 0 Å². The van der Waals surface area contributed by atoms with Crippen molar-refractivity contribution in [2.24, 2.45) is 11.8 Å². The molecule has 0 aromatic heterocycles. The first-order chi connectivity index (χ1) is 20.3. The van der Waals surface area contributed by atoms with Crippen LogP contribution >= 0.6 is 27.5 Å². The highest BCUT2D eigenvalue weighted by atomic mass is 79.9. The Morgan fingerprint density at radius 1 is 1.14 bits per heavy atom. The molecule has 6 rings (SSSR count). The maximum Gasteiger partial charge on any atom is 0.338 e. The average Bonchev–Trinajstić information content (AvgIpc) is 3.12. The van der Waals surface area contributed by atoms with Crippen LogP contribution in [0.4, 0.5) is 5.69 Å². The van der Waals surface area contributed by atoms with Gasteiger partial charge in [-0.15, -0.1) is 0 Å². The number of aromatic carboxylic acids is 1. The van der Waals surface area contributed by atoms with Crippen molar-refractivity contribution in [3.05, 3.63) is 105 Å². The molecule has 1 heterocycles. The molecule has 1 fully saturated rings. The molecule has 0 saturated heterocycles. The highest BCUT2D eigenvalue weighted by molar-refractivity contribution is 9.10. The minimum atomic E-state index is -0.970.